The number of carbonyl (C=O) groups is 2. The van der Waals surface area contributed by atoms with Crippen LogP contribution in [0.1, 0.15) is 44.3 Å². The number of rotatable bonds is 6. The van der Waals surface area contributed by atoms with Gasteiger partial charge in [0.1, 0.15) is 12.4 Å². The van der Waals surface area contributed by atoms with E-state index < -0.39 is 10.0 Å². The summed E-state index contributed by atoms with van der Waals surface area (Å²) in [6, 6.07) is 18.9. The number of fused-ring (bicyclic) bond motifs is 1. The largest absolute Gasteiger partial charge is 0.492 e. The van der Waals surface area contributed by atoms with Gasteiger partial charge in [-0.05, 0) is 49.7 Å². The summed E-state index contributed by atoms with van der Waals surface area (Å²) in [5, 5.41) is 2.90. The number of aryl methyl sites for hydroxylation is 1. The number of ketones is 1. The van der Waals surface area contributed by atoms with E-state index >= 15 is 0 Å². The van der Waals surface area contributed by atoms with Gasteiger partial charge >= 0.3 is 0 Å². The Bertz CT molecular complexity index is 1320. The minimum Gasteiger partial charge on any atom is -0.492 e. The highest BCUT2D eigenvalue weighted by molar-refractivity contribution is 7.89. The number of Topliss-reactive ketones (excluding diaryl/α,β-unsaturated/α-hetero) is 1. The van der Waals surface area contributed by atoms with E-state index in [0.29, 0.717) is 29.0 Å². The van der Waals surface area contributed by atoms with Gasteiger partial charge in [0, 0.05) is 36.3 Å². The molecule has 0 saturated carbocycles. The number of nitrogens with one attached hydrogen (secondary N) is 1. The van der Waals surface area contributed by atoms with Crippen molar-refractivity contribution >= 4 is 21.7 Å². The fourth-order valence-corrected chi connectivity index (χ4v) is 5.12. The Labute approximate surface area is 199 Å². The number of ether oxygens (including phenoxy) is 1. The first-order valence-electron chi connectivity index (χ1n) is 10.9. The van der Waals surface area contributed by atoms with Crippen molar-refractivity contribution in [1.82, 2.24) is 9.62 Å². The van der Waals surface area contributed by atoms with Crippen molar-refractivity contribution in [2.24, 2.45) is 0 Å². The van der Waals surface area contributed by atoms with E-state index in [2.05, 4.69) is 5.32 Å². The Balaban J connectivity index is 1.52. The summed E-state index contributed by atoms with van der Waals surface area (Å²) in [4.78, 5) is 24.3. The first-order chi connectivity index (χ1) is 16.2. The minimum atomic E-state index is -3.81. The first-order valence-corrected chi connectivity index (χ1v) is 12.4. The molecule has 3 aromatic rings. The summed E-state index contributed by atoms with van der Waals surface area (Å²) in [6.07, 6.45) is 0. The normalized spacial score (nSPS) is 13.9. The number of hydrogen-bond acceptors (Lipinski definition) is 5. The summed E-state index contributed by atoms with van der Waals surface area (Å²) in [5.41, 5.74) is 3.63. The Kier molecular flexibility index (Phi) is 6.81. The number of nitrogens with zero attached hydrogens (tertiary/aromatic N) is 1. The second-order valence-electron chi connectivity index (χ2n) is 8.26. The molecule has 0 spiro atoms. The number of sulfonamides is 1. The van der Waals surface area contributed by atoms with E-state index in [1.807, 2.05) is 31.2 Å². The lowest BCUT2D eigenvalue weighted by Crippen LogP contribution is -2.32. The van der Waals surface area contributed by atoms with Crippen molar-refractivity contribution in [3.63, 3.8) is 0 Å². The summed E-state index contributed by atoms with van der Waals surface area (Å²) >= 11 is 0. The lowest BCUT2D eigenvalue weighted by Gasteiger charge is -2.20. The molecule has 0 atom stereocenters. The fraction of sp³-hybridized carbons (Fsp3) is 0.231. The Morgan fingerprint density at radius 1 is 0.971 bits per heavy atom. The summed E-state index contributed by atoms with van der Waals surface area (Å²) in [5.74, 6) is 0.177. The molecule has 0 aromatic heterocycles. The van der Waals surface area contributed by atoms with Crippen LogP contribution in [-0.4, -0.2) is 37.6 Å². The third kappa shape index (κ3) is 5.18. The zero-order chi connectivity index (χ0) is 24.3. The first kappa shape index (κ1) is 23.7. The molecule has 1 amide bonds. The van der Waals surface area contributed by atoms with Gasteiger partial charge in [-0.2, -0.15) is 4.31 Å². The molecule has 0 radical (unpaired) electrons. The lowest BCUT2D eigenvalue weighted by molar-refractivity contribution is 0.0949. The third-order valence-electron chi connectivity index (χ3n) is 5.74. The molecule has 0 saturated heterocycles. The van der Waals surface area contributed by atoms with Crippen molar-refractivity contribution in [3.8, 4) is 5.75 Å². The average molecular weight is 479 g/mol. The van der Waals surface area contributed by atoms with Gasteiger partial charge in [0.2, 0.25) is 10.0 Å². The SMILES string of the molecule is CC(=O)c1ccc(S(=O)(=O)N2CCOc3ccc(C(=O)NCc4ccc(C)cc4)cc3C2)cc1. The lowest BCUT2D eigenvalue weighted by atomic mass is 10.1. The number of carbonyl (C=O) groups excluding carboxylic acids is 2. The zero-order valence-electron chi connectivity index (χ0n) is 19.1. The van der Waals surface area contributed by atoms with Crippen LogP contribution in [0.2, 0.25) is 0 Å². The summed E-state index contributed by atoms with van der Waals surface area (Å²) < 4.78 is 33.6. The van der Waals surface area contributed by atoms with Crippen molar-refractivity contribution in [1.29, 1.82) is 0 Å². The van der Waals surface area contributed by atoms with Crippen LogP contribution in [0.5, 0.6) is 5.75 Å². The van der Waals surface area contributed by atoms with Gasteiger partial charge < -0.3 is 10.1 Å². The molecule has 0 aliphatic carbocycles. The summed E-state index contributed by atoms with van der Waals surface area (Å²) in [6.45, 7) is 4.26. The van der Waals surface area contributed by atoms with Crippen LogP contribution in [0.4, 0.5) is 0 Å². The highest BCUT2D eigenvalue weighted by Crippen LogP contribution is 2.28. The van der Waals surface area contributed by atoms with E-state index in [4.69, 9.17) is 4.74 Å². The zero-order valence-corrected chi connectivity index (χ0v) is 19.9. The molecule has 1 N–H and O–H groups in total. The van der Waals surface area contributed by atoms with Crippen LogP contribution in [-0.2, 0) is 23.1 Å². The van der Waals surface area contributed by atoms with Gasteiger partial charge in [-0.15, -0.1) is 0 Å². The maximum Gasteiger partial charge on any atom is 0.251 e. The number of benzene rings is 3. The van der Waals surface area contributed by atoms with Crippen LogP contribution in [0, 0.1) is 6.92 Å². The van der Waals surface area contributed by atoms with Crippen molar-refractivity contribution < 1.29 is 22.7 Å². The van der Waals surface area contributed by atoms with Crippen molar-refractivity contribution in [3.05, 3.63) is 94.5 Å². The Morgan fingerprint density at radius 3 is 2.32 bits per heavy atom. The molecule has 4 rings (SSSR count). The van der Waals surface area contributed by atoms with Gasteiger partial charge in [0.25, 0.3) is 5.91 Å². The molecule has 1 aliphatic rings. The maximum atomic E-state index is 13.2. The molecule has 1 aliphatic heterocycles. The molecule has 176 valence electrons. The monoisotopic (exact) mass is 478 g/mol. The van der Waals surface area contributed by atoms with E-state index in [-0.39, 0.29) is 36.3 Å². The minimum absolute atomic E-state index is 0.0746. The molecule has 0 unspecified atom stereocenters. The Morgan fingerprint density at radius 2 is 1.65 bits per heavy atom. The van der Waals surface area contributed by atoms with Crippen molar-refractivity contribution in [2.45, 2.75) is 31.8 Å². The molecule has 34 heavy (non-hydrogen) atoms. The van der Waals surface area contributed by atoms with Crippen LogP contribution in [0.25, 0.3) is 0 Å². The van der Waals surface area contributed by atoms with E-state index in [1.165, 1.54) is 35.5 Å². The second kappa shape index (κ2) is 9.79. The highest BCUT2D eigenvalue weighted by Gasteiger charge is 2.28. The predicted molar refractivity (Wildman–Crippen MR) is 128 cm³/mol. The number of amides is 1. The highest BCUT2D eigenvalue weighted by atomic mass is 32.2. The third-order valence-corrected chi connectivity index (χ3v) is 7.60. The maximum absolute atomic E-state index is 13.2. The van der Waals surface area contributed by atoms with Crippen LogP contribution < -0.4 is 10.1 Å². The smallest absolute Gasteiger partial charge is 0.251 e. The van der Waals surface area contributed by atoms with Crippen LogP contribution in [0.3, 0.4) is 0 Å². The van der Waals surface area contributed by atoms with Crippen LogP contribution in [0.15, 0.2) is 71.6 Å². The quantitative estimate of drug-likeness (QED) is 0.545. The van der Waals surface area contributed by atoms with Gasteiger partial charge in [0.15, 0.2) is 5.78 Å². The molecule has 0 fully saturated rings. The topological polar surface area (TPSA) is 92.8 Å². The molecule has 1 heterocycles. The molecular weight excluding hydrogens is 452 g/mol. The van der Waals surface area contributed by atoms with Gasteiger partial charge in [-0.1, -0.05) is 42.0 Å². The number of hydrogen-bond donors (Lipinski definition) is 1. The molecule has 3 aromatic carbocycles. The van der Waals surface area contributed by atoms with E-state index in [0.717, 1.165) is 11.1 Å². The standard InChI is InChI=1S/C26H26N2O5S/c1-18-3-5-20(6-4-18)16-27-26(30)22-9-12-25-23(15-22)17-28(13-14-33-25)34(31,32)24-10-7-21(8-11-24)19(2)29/h3-12,15H,13-14,16-17H2,1-2H3,(H,27,30). The van der Waals surface area contributed by atoms with Crippen LogP contribution >= 0.6 is 0 Å². The fourth-order valence-electron chi connectivity index (χ4n) is 3.72. The molecule has 0 bridgehead atoms. The van der Waals surface area contributed by atoms with E-state index in [1.54, 1.807) is 18.2 Å². The van der Waals surface area contributed by atoms with Gasteiger partial charge in [0.05, 0.1) is 4.90 Å². The van der Waals surface area contributed by atoms with Gasteiger partial charge in [-0.25, -0.2) is 8.42 Å². The summed E-state index contributed by atoms with van der Waals surface area (Å²) in [7, 11) is -3.81. The van der Waals surface area contributed by atoms with Gasteiger partial charge in [-0.3, -0.25) is 9.59 Å². The molecule has 8 heteroatoms. The second-order valence-corrected chi connectivity index (χ2v) is 10.2. The average Bonchev–Trinajstić information content (AvgIpc) is 3.06. The van der Waals surface area contributed by atoms with E-state index in [9.17, 15) is 18.0 Å². The Hall–Kier alpha value is -3.49. The molecular formula is C26H26N2O5S. The predicted octanol–water partition coefficient (Wildman–Crippen LogP) is 3.71. The van der Waals surface area contributed by atoms with Crippen molar-refractivity contribution in [2.75, 3.05) is 13.2 Å². The molecule has 7 nitrogen and oxygen atoms in total.